The van der Waals surface area contributed by atoms with Crippen LogP contribution in [0.2, 0.25) is 5.02 Å². The van der Waals surface area contributed by atoms with Gasteiger partial charge in [-0.3, -0.25) is 4.79 Å². The van der Waals surface area contributed by atoms with Crippen molar-refractivity contribution in [3.05, 3.63) is 47.5 Å². The number of para-hydroxylation sites is 1. The quantitative estimate of drug-likeness (QED) is 0.534. The lowest BCUT2D eigenvalue weighted by atomic mass is 9.97. The average molecular weight is 482 g/mol. The van der Waals surface area contributed by atoms with Crippen LogP contribution in [0.1, 0.15) is 12.8 Å². The number of thiazole rings is 1. The number of sulfonamides is 1. The van der Waals surface area contributed by atoms with Gasteiger partial charge in [0.25, 0.3) is 0 Å². The zero-order chi connectivity index (χ0) is 21.3. The van der Waals surface area contributed by atoms with Crippen molar-refractivity contribution < 1.29 is 13.2 Å². The van der Waals surface area contributed by atoms with Crippen LogP contribution in [0.5, 0.6) is 0 Å². The number of anilines is 1. The highest BCUT2D eigenvalue weighted by Crippen LogP contribution is 2.33. The van der Waals surface area contributed by atoms with Crippen molar-refractivity contribution in [3.63, 3.8) is 0 Å². The van der Waals surface area contributed by atoms with Crippen molar-refractivity contribution in [2.24, 2.45) is 5.92 Å². The molecule has 30 heavy (non-hydrogen) atoms. The van der Waals surface area contributed by atoms with E-state index < -0.39 is 10.0 Å². The summed E-state index contributed by atoms with van der Waals surface area (Å²) in [5, 5.41) is 3.99. The fourth-order valence-electron chi connectivity index (χ4n) is 3.46. The molecule has 0 bridgehead atoms. The second kappa shape index (κ2) is 8.84. The summed E-state index contributed by atoms with van der Waals surface area (Å²) in [5.74, 6) is -0.350. The summed E-state index contributed by atoms with van der Waals surface area (Å²) >= 11 is 8.92. The minimum Gasteiger partial charge on any atom is -0.302 e. The molecular formula is C20H20ClN3O3S3. The maximum absolute atomic E-state index is 12.8. The molecule has 3 aromatic rings. The van der Waals surface area contributed by atoms with Crippen molar-refractivity contribution in [2.45, 2.75) is 22.6 Å². The largest absolute Gasteiger partial charge is 0.302 e. The molecule has 1 fully saturated rings. The molecule has 1 aromatic heterocycles. The molecule has 1 aliphatic heterocycles. The van der Waals surface area contributed by atoms with E-state index in [1.165, 1.54) is 27.8 Å². The predicted molar refractivity (Wildman–Crippen MR) is 123 cm³/mol. The number of carbonyl (C=O) groups excluding carboxylic acids is 1. The molecule has 2 heterocycles. The highest BCUT2D eigenvalue weighted by molar-refractivity contribution is 7.98. The third-order valence-electron chi connectivity index (χ3n) is 5.11. The molecule has 1 saturated heterocycles. The number of amides is 1. The molecule has 158 valence electrons. The van der Waals surface area contributed by atoms with Crippen molar-refractivity contribution in [1.82, 2.24) is 9.29 Å². The molecule has 0 radical (unpaired) electrons. The maximum Gasteiger partial charge on any atom is 0.243 e. The van der Waals surface area contributed by atoms with Gasteiger partial charge in [-0.05, 0) is 55.5 Å². The smallest absolute Gasteiger partial charge is 0.243 e. The Balaban J connectivity index is 1.40. The van der Waals surface area contributed by atoms with Gasteiger partial charge < -0.3 is 5.32 Å². The first-order chi connectivity index (χ1) is 14.4. The van der Waals surface area contributed by atoms with Gasteiger partial charge in [0.15, 0.2) is 5.13 Å². The number of aromatic nitrogens is 1. The van der Waals surface area contributed by atoms with Crippen LogP contribution in [0.4, 0.5) is 5.13 Å². The first-order valence-electron chi connectivity index (χ1n) is 9.38. The van der Waals surface area contributed by atoms with Gasteiger partial charge in [-0.15, -0.1) is 11.8 Å². The summed E-state index contributed by atoms with van der Waals surface area (Å²) in [6, 6.07) is 12.1. The van der Waals surface area contributed by atoms with Crippen molar-refractivity contribution in [1.29, 1.82) is 0 Å². The van der Waals surface area contributed by atoms with Crippen LogP contribution in [-0.2, 0) is 14.8 Å². The summed E-state index contributed by atoms with van der Waals surface area (Å²) in [6.45, 7) is 0.610. The van der Waals surface area contributed by atoms with Gasteiger partial charge in [0.05, 0.1) is 15.1 Å². The van der Waals surface area contributed by atoms with Crippen LogP contribution >= 0.6 is 34.7 Å². The number of fused-ring (bicyclic) bond motifs is 1. The summed E-state index contributed by atoms with van der Waals surface area (Å²) in [7, 11) is -3.58. The second-order valence-electron chi connectivity index (χ2n) is 6.95. The summed E-state index contributed by atoms with van der Waals surface area (Å²) in [4.78, 5) is 18.6. The lowest BCUT2D eigenvalue weighted by molar-refractivity contribution is -0.120. The number of benzene rings is 2. The Hall–Kier alpha value is -1.65. The Morgan fingerprint density at radius 1 is 1.20 bits per heavy atom. The minimum atomic E-state index is -3.58. The van der Waals surface area contributed by atoms with Crippen molar-refractivity contribution in [2.75, 3.05) is 24.7 Å². The van der Waals surface area contributed by atoms with Crippen LogP contribution in [0.15, 0.2) is 52.3 Å². The summed E-state index contributed by atoms with van der Waals surface area (Å²) in [6.07, 6.45) is 2.94. The Bertz CT molecular complexity index is 1170. The first-order valence-corrected chi connectivity index (χ1v) is 13.2. The molecule has 0 spiro atoms. The Morgan fingerprint density at radius 2 is 1.90 bits per heavy atom. The topological polar surface area (TPSA) is 79.4 Å². The van der Waals surface area contributed by atoms with E-state index >= 15 is 0 Å². The van der Waals surface area contributed by atoms with E-state index in [1.807, 2.05) is 24.5 Å². The number of hydrogen-bond donors (Lipinski definition) is 1. The van der Waals surface area contributed by atoms with Gasteiger partial charge in [0.1, 0.15) is 0 Å². The van der Waals surface area contributed by atoms with Crippen LogP contribution in [0, 0.1) is 5.92 Å². The molecule has 0 atom stereocenters. The zero-order valence-corrected chi connectivity index (χ0v) is 19.4. The number of halogens is 1. The van der Waals surface area contributed by atoms with E-state index in [0.717, 1.165) is 15.1 Å². The number of nitrogens with zero attached hydrogens (tertiary/aromatic N) is 2. The molecule has 10 heteroatoms. The van der Waals surface area contributed by atoms with E-state index in [9.17, 15) is 13.2 Å². The highest BCUT2D eigenvalue weighted by atomic mass is 35.5. The molecule has 2 aromatic carbocycles. The van der Waals surface area contributed by atoms with E-state index in [-0.39, 0.29) is 16.7 Å². The lowest BCUT2D eigenvalue weighted by Crippen LogP contribution is -2.41. The molecule has 0 aliphatic carbocycles. The normalized spacial score (nSPS) is 16.1. The minimum absolute atomic E-state index is 0.108. The maximum atomic E-state index is 12.8. The monoisotopic (exact) mass is 481 g/mol. The number of nitrogens with one attached hydrogen (secondary N) is 1. The summed E-state index contributed by atoms with van der Waals surface area (Å²) < 4.78 is 28.1. The van der Waals surface area contributed by atoms with E-state index in [1.54, 1.807) is 23.9 Å². The van der Waals surface area contributed by atoms with Gasteiger partial charge in [0, 0.05) is 28.9 Å². The molecule has 0 unspecified atom stereocenters. The second-order valence-corrected chi connectivity index (χ2v) is 11.2. The van der Waals surface area contributed by atoms with Crippen LogP contribution in [-0.4, -0.2) is 43.0 Å². The van der Waals surface area contributed by atoms with Crippen LogP contribution in [0.25, 0.3) is 10.2 Å². The molecule has 1 aliphatic rings. The molecule has 4 rings (SSSR count). The molecule has 6 nitrogen and oxygen atoms in total. The third-order valence-corrected chi connectivity index (χ3v) is 8.98. The van der Waals surface area contributed by atoms with Crippen LogP contribution < -0.4 is 5.32 Å². The lowest BCUT2D eigenvalue weighted by Gasteiger charge is -2.30. The number of rotatable bonds is 5. The number of hydrogen-bond acceptors (Lipinski definition) is 6. The predicted octanol–water partition coefficient (Wildman–Crippen LogP) is 4.71. The Morgan fingerprint density at radius 3 is 2.57 bits per heavy atom. The van der Waals surface area contributed by atoms with Gasteiger partial charge in [-0.1, -0.05) is 29.0 Å². The Kier molecular flexibility index (Phi) is 6.36. The van der Waals surface area contributed by atoms with Crippen molar-refractivity contribution in [3.8, 4) is 0 Å². The molecule has 0 saturated carbocycles. The zero-order valence-electron chi connectivity index (χ0n) is 16.2. The van der Waals surface area contributed by atoms with Gasteiger partial charge in [-0.2, -0.15) is 4.31 Å². The fraction of sp³-hybridized carbons (Fsp3) is 0.300. The molecule has 1 N–H and O–H groups in total. The SMILES string of the molecule is CSc1cccc2sc(NC(=O)C3CCN(S(=O)(=O)c4ccc(Cl)cc4)CC3)nc12. The van der Waals surface area contributed by atoms with E-state index in [0.29, 0.717) is 36.1 Å². The van der Waals surface area contributed by atoms with Gasteiger partial charge >= 0.3 is 0 Å². The number of thioether (sulfide) groups is 1. The average Bonchev–Trinajstić information content (AvgIpc) is 3.16. The molecule has 1 amide bonds. The number of carbonyl (C=O) groups is 1. The number of piperidine rings is 1. The van der Waals surface area contributed by atoms with Crippen molar-refractivity contribution >= 4 is 66.0 Å². The van der Waals surface area contributed by atoms with Gasteiger partial charge in [-0.25, -0.2) is 13.4 Å². The van der Waals surface area contributed by atoms with Crippen LogP contribution in [0.3, 0.4) is 0 Å². The third kappa shape index (κ3) is 4.36. The first kappa shape index (κ1) is 21.6. The van der Waals surface area contributed by atoms with Gasteiger partial charge in [0.2, 0.25) is 15.9 Å². The van der Waals surface area contributed by atoms with E-state index in [4.69, 9.17) is 11.6 Å². The molecular weight excluding hydrogens is 462 g/mol. The summed E-state index contributed by atoms with van der Waals surface area (Å²) in [5.41, 5.74) is 0.897. The highest BCUT2D eigenvalue weighted by Gasteiger charge is 2.32. The standard InChI is InChI=1S/C20H20ClN3O3S3/c1-28-16-3-2-4-17-18(16)22-20(29-17)23-19(25)13-9-11-24(12-10-13)30(26,27)15-7-5-14(21)6-8-15/h2-8,13H,9-12H2,1H3,(H,22,23,25). The van der Waals surface area contributed by atoms with E-state index in [2.05, 4.69) is 10.3 Å². The fourth-order valence-corrected chi connectivity index (χ4v) is 6.58. The Labute approximate surface area is 188 Å².